The normalized spacial score (nSPS) is 19.4. The molecule has 1 fully saturated rings. The molecular formula is C12H17N3OS2. The third-order valence-corrected chi connectivity index (χ3v) is 4.88. The van der Waals surface area contributed by atoms with Gasteiger partial charge in [-0.1, -0.05) is 25.1 Å². The van der Waals surface area contributed by atoms with Gasteiger partial charge in [-0.25, -0.2) is 4.98 Å². The highest BCUT2D eigenvalue weighted by molar-refractivity contribution is 7.80. The highest BCUT2D eigenvalue weighted by Gasteiger charge is 2.44. The minimum absolute atomic E-state index is 0.0461. The van der Waals surface area contributed by atoms with Gasteiger partial charge in [0.1, 0.15) is 5.01 Å². The quantitative estimate of drug-likeness (QED) is 0.831. The summed E-state index contributed by atoms with van der Waals surface area (Å²) in [7, 11) is 0. The Labute approximate surface area is 116 Å². The number of nitrogens with zero attached hydrogens (tertiary/aromatic N) is 1. The van der Waals surface area contributed by atoms with E-state index < -0.39 is 5.41 Å². The molecule has 0 bridgehead atoms. The van der Waals surface area contributed by atoms with Gasteiger partial charge in [0.2, 0.25) is 5.91 Å². The van der Waals surface area contributed by atoms with Crippen LogP contribution in [0.3, 0.4) is 0 Å². The highest BCUT2D eigenvalue weighted by Crippen LogP contribution is 2.39. The maximum absolute atomic E-state index is 12.4. The van der Waals surface area contributed by atoms with Crippen molar-refractivity contribution >= 4 is 34.5 Å². The summed E-state index contributed by atoms with van der Waals surface area (Å²) in [5, 5.41) is 5.79. The molecule has 2 rings (SSSR count). The number of hydrogen-bond donors (Lipinski definition) is 2. The number of nitrogens with two attached hydrogens (primary N) is 1. The molecule has 1 aromatic rings. The number of hydrogen-bond acceptors (Lipinski definition) is 4. The molecule has 1 aliphatic rings. The summed E-state index contributed by atoms with van der Waals surface area (Å²) in [5.74, 6) is -0.0461. The van der Waals surface area contributed by atoms with Crippen LogP contribution in [-0.2, 0) is 4.79 Å². The monoisotopic (exact) mass is 283 g/mol. The maximum Gasteiger partial charge on any atom is 0.233 e. The van der Waals surface area contributed by atoms with Crippen LogP contribution in [0, 0.1) is 5.41 Å². The van der Waals surface area contributed by atoms with Crippen molar-refractivity contribution in [1.82, 2.24) is 10.3 Å². The molecule has 6 heteroatoms. The Morgan fingerprint density at radius 1 is 1.61 bits per heavy atom. The number of amides is 1. The molecule has 0 aromatic carbocycles. The molecule has 0 saturated heterocycles. The van der Waals surface area contributed by atoms with Crippen LogP contribution >= 0.6 is 23.6 Å². The predicted octanol–water partition coefficient (Wildman–Crippen LogP) is 2.17. The zero-order valence-corrected chi connectivity index (χ0v) is 11.9. The van der Waals surface area contributed by atoms with E-state index in [4.69, 9.17) is 18.0 Å². The van der Waals surface area contributed by atoms with Crippen LogP contribution in [0.5, 0.6) is 0 Å². The molecule has 1 amide bonds. The third kappa shape index (κ3) is 2.40. The lowest BCUT2D eigenvalue weighted by Crippen LogP contribution is -2.47. The Hall–Kier alpha value is -1.01. The van der Waals surface area contributed by atoms with E-state index in [9.17, 15) is 4.79 Å². The number of aromatic nitrogens is 1. The largest absolute Gasteiger partial charge is 0.392 e. The van der Waals surface area contributed by atoms with Gasteiger partial charge in [-0.2, -0.15) is 0 Å². The van der Waals surface area contributed by atoms with Crippen LogP contribution in [0.2, 0.25) is 0 Å². The van der Waals surface area contributed by atoms with Crippen LogP contribution < -0.4 is 11.1 Å². The lowest BCUT2D eigenvalue weighted by atomic mass is 9.85. The average Bonchev–Trinajstić information content (AvgIpc) is 3.01. The van der Waals surface area contributed by atoms with Crippen molar-refractivity contribution in [3.63, 3.8) is 0 Å². The van der Waals surface area contributed by atoms with E-state index >= 15 is 0 Å². The minimum Gasteiger partial charge on any atom is -0.392 e. The summed E-state index contributed by atoms with van der Waals surface area (Å²) in [4.78, 5) is 16.9. The van der Waals surface area contributed by atoms with E-state index in [0.717, 1.165) is 30.7 Å². The molecule has 0 spiro atoms. The van der Waals surface area contributed by atoms with Gasteiger partial charge in [-0.15, -0.1) is 11.3 Å². The summed E-state index contributed by atoms with van der Waals surface area (Å²) in [6.07, 6.45) is 5.28. The molecule has 0 aliphatic heterocycles. The number of rotatable bonds is 4. The number of carbonyl (C=O) groups is 1. The highest BCUT2D eigenvalue weighted by atomic mass is 32.1. The predicted molar refractivity (Wildman–Crippen MR) is 76.4 cm³/mol. The molecule has 1 atom stereocenters. The van der Waals surface area contributed by atoms with E-state index in [1.807, 2.05) is 12.3 Å². The smallest absolute Gasteiger partial charge is 0.233 e. The number of carbonyl (C=O) groups excluding carboxylic acids is 1. The summed E-state index contributed by atoms with van der Waals surface area (Å²) < 4.78 is 0. The van der Waals surface area contributed by atoms with Crippen molar-refractivity contribution in [1.29, 1.82) is 0 Å². The second-order valence-electron chi connectivity index (χ2n) is 4.72. The Morgan fingerprint density at radius 2 is 2.28 bits per heavy atom. The van der Waals surface area contributed by atoms with Crippen molar-refractivity contribution in [2.45, 2.75) is 38.6 Å². The van der Waals surface area contributed by atoms with Gasteiger partial charge in [0.15, 0.2) is 0 Å². The lowest BCUT2D eigenvalue weighted by molar-refractivity contribution is -0.128. The summed E-state index contributed by atoms with van der Waals surface area (Å²) in [6.45, 7) is 1.93. The Bertz CT molecular complexity index is 438. The summed E-state index contributed by atoms with van der Waals surface area (Å²) >= 11 is 6.63. The molecule has 4 nitrogen and oxygen atoms in total. The standard InChI is InChI=1S/C12H17N3OS2/c1-8(9-14-6-7-18-9)15-11(16)12(10(13)17)4-2-3-5-12/h6-8H,2-5H2,1H3,(H2,13,17)(H,15,16). The van der Waals surface area contributed by atoms with Gasteiger partial charge >= 0.3 is 0 Å². The number of thiazole rings is 1. The molecule has 1 saturated carbocycles. The second-order valence-corrected chi connectivity index (χ2v) is 6.08. The second kappa shape index (κ2) is 5.32. The van der Waals surface area contributed by atoms with E-state index in [0.29, 0.717) is 4.99 Å². The van der Waals surface area contributed by atoms with Crippen LogP contribution in [0.1, 0.15) is 43.7 Å². The SMILES string of the molecule is CC(NC(=O)C1(C(N)=S)CCCC1)c1nccs1. The topological polar surface area (TPSA) is 68.0 Å². The molecule has 1 heterocycles. The Morgan fingerprint density at radius 3 is 2.78 bits per heavy atom. The summed E-state index contributed by atoms with van der Waals surface area (Å²) in [6, 6.07) is -0.0932. The molecule has 1 aliphatic carbocycles. The molecular weight excluding hydrogens is 266 g/mol. The Kier molecular flexibility index (Phi) is 3.97. The lowest BCUT2D eigenvalue weighted by Gasteiger charge is -2.27. The van der Waals surface area contributed by atoms with Crippen LogP contribution in [-0.4, -0.2) is 15.9 Å². The van der Waals surface area contributed by atoms with Gasteiger partial charge in [-0.05, 0) is 19.8 Å². The van der Waals surface area contributed by atoms with Gasteiger partial charge < -0.3 is 11.1 Å². The average molecular weight is 283 g/mol. The Balaban J connectivity index is 2.09. The van der Waals surface area contributed by atoms with Crippen molar-refractivity contribution in [3.8, 4) is 0 Å². The molecule has 3 N–H and O–H groups in total. The fourth-order valence-electron chi connectivity index (χ4n) is 2.41. The van der Waals surface area contributed by atoms with Crippen LogP contribution in [0.25, 0.3) is 0 Å². The minimum atomic E-state index is -0.638. The first kappa shape index (κ1) is 13.4. The van der Waals surface area contributed by atoms with Crippen molar-refractivity contribution in [3.05, 3.63) is 16.6 Å². The molecule has 98 valence electrons. The molecule has 1 unspecified atom stereocenters. The van der Waals surface area contributed by atoms with Gasteiger partial charge in [-0.3, -0.25) is 4.79 Å². The number of nitrogens with one attached hydrogen (secondary N) is 1. The summed E-state index contributed by atoms with van der Waals surface area (Å²) in [5.41, 5.74) is 5.15. The van der Waals surface area contributed by atoms with Crippen LogP contribution in [0.4, 0.5) is 0 Å². The van der Waals surface area contributed by atoms with Crippen molar-refractivity contribution < 1.29 is 4.79 Å². The van der Waals surface area contributed by atoms with Gasteiger partial charge in [0, 0.05) is 11.6 Å². The molecule has 1 aromatic heterocycles. The molecule has 0 radical (unpaired) electrons. The van der Waals surface area contributed by atoms with E-state index in [2.05, 4.69) is 10.3 Å². The van der Waals surface area contributed by atoms with Crippen molar-refractivity contribution in [2.75, 3.05) is 0 Å². The first-order chi connectivity index (χ1) is 8.56. The zero-order valence-electron chi connectivity index (χ0n) is 10.3. The van der Waals surface area contributed by atoms with Crippen LogP contribution in [0.15, 0.2) is 11.6 Å². The maximum atomic E-state index is 12.4. The zero-order chi connectivity index (χ0) is 13.2. The van der Waals surface area contributed by atoms with Crippen molar-refractivity contribution in [2.24, 2.45) is 11.1 Å². The van der Waals surface area contributed by atoms with E-state index in [-0.39, 0.29) is 11.9 Å². The number of thiocarbonyl (C=S) groups is 1. The van der Waals surface area contributed by atoms with Gasteiger partial charge in [0.05, 0.1) is 16.4 Å². The van der Waals surface area contributed by atoms with E-state index in [1.54, 1.807) is 6.20 Å². The third-order valence-electron chi connectivity index (χ3n) is 3.53. The van der Waals surface area contributed by atoms with E-state index in [1.165, 1.54) is 11.3 Å². The first-order valence-corrected chi connectivity index (χ1v) is 7.35. The fourth-order valence-corrected chi connectivity index (χ4v) is 3.35. The first-order valence-electron chi connectivity index (χ1n) is 6.06. The molecule has 18 heavy (non-hydrogen) atoms. The van der Waals surface area contributed by atoms with Gasteiger partial charge in [0.25, 0.3) is 0 Å². The fraction of sp³-hybridized carbons (Fsp3) is 0.583.